The summed E-state index contributed by atoms with van der Waals surface area (Å²) in [6.45, 7) is 0. The number of rotatable bonds is 0. The van der Waals surface area contributed by atoms with Gasteiger partial charge in [-0.1, -0.05) is 24.3 Å². The third kappa shape index (κ3) is 1.92. The van der Waals surface area contributed by atoms with E-state index in [2.05, 4.69) is 20.9 Å². The zero-order valence-corrected chi connectivity index (χ0v) is 7.30. The Balaban J connectivity index is 2.24. The maximum Gasteiger partial charge on any atom is 0.0514 e. The molecule has 2 heterocycles. The van der Waals surface area contributed by atoms with Gasteiger partial charge < -0.3 is 0 Å². The third-order valence-electron chi connectivity index (χ3n) is 1.51. The van der Waals surface area contributed by atoms with Crippen LogP contribution >= 0.6 is 0 Å². The Morgan fingerprint density at radius 1 is 0.571 bits per heavy atom. The van der Waals surface area contributed by atoms with E-state index in [0.717, 1.165) is 0 Å². The van der Waals surface area contributed by atoms with Crippen LogP contribution in [0, 0.1) is 0 Å². The predicted octanol–water partition coefficient (Wildman–Crippen LogP) is 2.32. The van der Waals surface area contributed by atoms with Crippen LogP contribution in [0.3, 0.4) is 0 Å². The van der Waals surface area contributed by atoms with Gasteiger partial charge in [0.25, 0.3) is 0 Å². The topological polar surface area (TPSA) is 55.9 Å². The molecule has 2 rings (SSSR count). The Bertz CT molecular complexity index is 326. The van der Waals surface area contributed by atoms with Crippen LogP contribution in [0.4, 0.5) is 0 Å². The van der Waals surface area contributed by atoms with E-state index >= 15 is 0 Å². The molecular weight excluding hydrogens is 180 g/mol. The molecule has 0 spiro atoms. The molecule has 0 aliphatic carbocycles. The van der Waals surface area contributed by atoms with Crippen molar-refractivity contribution in [3.63, 3.8) is 0 Å². The van der Waals surface area contributed by atoms with Crippen LogP contribution in [0.2, 0.25) is 0 Å². The van der Waals surface area contributed by atoms with E-state index in [4.69, 9.17) is 0 Å². The molecule has 0 N–H and O–H groups in total. The molecule has 0 amide bonds. The van der Waals surface area contributed by atoms with E-state index in [1.807, 2.05) is 36.5 Å². The third-order valence-corrected chi connectivity index (χ3v) is 1.51. The monoisotopic (exact) mass is 188 g/mol. The summed E-state index contributed by atoms with van der Waals surface area (Å²) in [5.41, 5.74) is 0. The fourth-order valence-electron chi connectivity index (χ4n) is 0.906. The van der Waals surface area contributed by atoms with Gasteiger partial charge in [-0.15, -0.1) is 10.2 Å². The number of allylic oxidation sites excluding steroid dienone is 6. The van der Waals surface area contributed by atoms with E-state index in [1.165, 1.54) is 10.2 Å². The SMILES string of the molecule is C1=C/C=C/N2N=NN=NN2/C=C/C=C1. The molecule has 0 fully saturated rings. The molecule has 6 heteroatoms. The molecule has 2 aliphatic heterocycles. The molecule has 0 saturated heterocycles. The molecule has 0 atom stereocenters. The van der Waals surface area contributed by atoms with E-state index in [-0.39, 0.29) is 0 Å². The van der Waals surface area contributed by atoms with Crippen LogP contribution in [0.15, 0.2) is 69.7 Å². The van der Waals surface area contributed by atoms with Crippen molar-refractivity contribution in [1.29, 1.82) is 0 Å². The fourth-order valence-corrected chi connectivity index (χ4v) is 0.906. The smallest absolute Gasteiger partial charge is 0.0514 e. The van der Waals surface area contributed by atoms with Crippen molar-refractivity contribution in [1.82, 2.24) is 10.2 Å². The second kappa shape index (κ2) is 4.13. The van der Waals surface area contributed by atoms with Gasteiger partial charge in [-0.3, -0.25) is 0 Å². The van der Waals surface area contributed by atoms with Crippen molar-refractivity contribution < 1.29 is 0 Å². The van der Waals surface area contributed by atoms with Crippen LogP contribution in [0.1, 0.15) is 0 Å². The summed E-state index contributed by atoms with van der Waals surface area (Å²) in [6, 6.07) is 0. The zero-order valence-electron chi connectivity index (χ0n) is 7.30. The van der Waals surface area contributed by atoms with Gasteiger partial charge in [-0.2, -0.15) is 0 Å². The van der Waals surface area contributed by atoms with E-state index < -0.39 is 0 Å². The van der Waals surface area contributed by atoms with E-state index in [9.17, 15) is 0 Å². The van der Waals surface area contributed by atoms with Crippen LogP contribution < -0.4 is 0 Å². The second-order valence-electron chi connectivity index (χ2n) is 2.45. The predicted molar refractivity (Wildman–Crippen MR) is 50.0 cm³/mol. The minimum Gasteiger partial charge on any atom is -0.137 e. The Hall–Kier alpha value is -2.24. The second-order valence-corrected chi connectivity index (χ2v) is 2.45. The highest BCUT2D eigenvalue weighted by Gasteiger charge is 2.08. The van der Waals surface area contributed by atoms with Crippen molar-refractivity contribution >= 4 is 0 Å². The van der Waals surface area contributed by atoms with Crippen LogP contribution in [0.5, 0.6) is 0 Å². The first-order valence-corrected chi connectivity index (χ1v) is 4.05. The lowest BCUT2D eigenvalue weighted by Crippen LogP contribution is -2.26. The molecule has 0 aromatic rings. The average molecular weight is 188 g/mol. The van der Waals surface area contributed by atoms with Crippen molar-refractivity contribution in [2.24, 2.45) is 20.9 Å². The summed E-state index contributed by atoms with van der Waals surface area (Å²) < 4.78 is 0. The molecule has 0 radical (unpaired) electrons. The highest BCUT2D eigenvalue weighted by molar-refractivity contribution is 5.15. The number of fused-ring (bicyclic) bond motifs is 1. The average Bonchev–Trinajstić information content (AvgIpc) is 2.25. The van der Waals surface area contributed by atoms with Crippen molar-refractivity contribution in [3.8, 4) is 0 Å². The number of hydrazine groups is 1. The highest BCUT2D eigenvalue weighted by Crippen LogP contribution is 2.09. The molecule has 2 aliphatic rings. The quantitative estimate of drug-likeness (QED) is 0.585. The largest absolute Gasteiger partial charge is 0.137 e. The molecule has 0 bridgehead atoms. The summed E-state index contributed by atoms with van der Waals surface area (Å²) in [7, 11) is 0. The summed E-state index contributed by atoms with van der Waals surface area (Å²) >= 11 is 0. The Labute approximate surface area is 80.8 Å². The molecule has 0 saturated carbocycles. The minimum absolute atomic E-state index is 1.47. The van der Waals surface area contributed by atoms with Gasteiger partial charge in [0.2, 0.25) is 0 Å². The van der Waals surface area contributed by atoms with Crippen molar-refractivity contribution in [2.75, 3.05) is 0 Å². The summed E-state index contributed by atoms with van der Waals surface area (Å²) in [5.74, 6) is 0. The Morgan fingerprint density at radius 2 is 1.00 bits per heavy atom. The summed E-state index contributed by atoms with van der Waals surface area (Å²) in [4.78, 5) is 0. The van der Waals surface area contributed by atoms with Crippen LogP contribution in [-0.4, -0.2) is 10.2 Å². The number of nitrogens with zero attached hydrogens (tertiary/aromatic N) is 6. The number of hydrogen-bond donors (Lipinski definition) is 0. The van der Waals surface area contributed by atoms with Gasteiger partial charge in [-0.05, 0) is 33.0 Å². The maximum absolute atomic E-state index is 3.75. The zero-order chi connectivity index (χ0) is 9.64. The molecule has 0 unspecified atom stereocenters. The minimum atomic E-state index is 1.47. The van der Waals surface area contributed by atoms with Crippen LogP contribution in [0.25, 0.3) is 0 Å². The first kappa shape index (κ1) is 8.36. The normalized spacial score (nSPS) is 23.4. The van der Waals surface area contributed by atoms with Gasteiger partial charge in [0.1, 0.15) is 0 Å². The Kier molecular flexibility index (Phi) is 2.46. The lowest BCUT2D eigenvalue weighted by molar-refractivity contribution is 0.0441. The lowest BCUT2D eigenvalue weighted by Gasteiger charge is -2.21. The molecular formula is C8H8N6. The lowest BCUT2D eigenvalue weighted by atomic mass is 10.4. The molecule has 0 aromatic heterocycles. The standard InChI is InChI=1S/C8H8N6/c1-2-4-6-8-14-12-10-9-11-13(14)7-5-3-1/h1-8H/b3-1?,4-2?,7-5+,8-6+. The molecule has 6 nitrogen and oxygen atoms in total. The van der Waals surface area contributed by atoms with Gasteiger partial charge in [0.15, 0.2) is 0 Å². The van der Waals surface area contributed by atoms with Gasteiger partial charge >= 0.3 is 0 Å². The van der Waals surface area contributed by atoms with E-state index in [1.54, 1.807) is 12.4 Å². The highest BCUT2D eigenvalue weighted by atomic mass is 16.0. The van der Waals surface area contributed by atoms with E-state index in [0.29, 0.717) is 0 Å². The summed E-state index contributed by atoms with van der Waals surface area (Å²) in [5, 5.41) is 17.3. The summed E-state index contributed by atoms with van der Waals surface area (Å²) in [6.07, 6.45) is 14.7. The maximum atomic E-state index is 3.75. The molecule has 70 valence electrons. The number of hydrogen-bond acceptors (Lipinski definition) is 6. The van der Waals surface area contributed by atoms with Gasteiger partial charge in [-0.25, -0.2) is 0 Å². The first-order chi connectivity index (χ1) is 6.97. The molecule has 14 heavy (non-hydrogen) atoms. The van der Waals surface area contributed by atoms with Crippen LogP contribution in [-0.2, 0) is 0 Å². The van der Waals surface area contributed by atoms with Crippen molar-refractivity contribution in [3.05, 3.63) is 48.9 Å². The first-order valence-electron chi connectivity index (χ1n) is 4.05. The van der Waals surface area contributed by atoms with Gasteiger partial charge in [0, 0.05) is 0 Å². The van der Waals surface area contributed by atoms with Crippen molar-refractivity contribution in [2.45, 2.75) is 0 Å². The molecule has 0 aromatic carbocycles. The Morgan fingerprint density at radius 3 is 1.50 bits per heavy atom. The fraction of sp³-hybridized carbons (Fsp3) is 0. The van der Waals surface area contributed by atoms with Gasteiger partial charge in [0.05, 0.1) is 12.4 Å².